The maximum Gasteiger partial charge on any atom is 0.326 e. The number of carbonyl (C=O) groups excluding carboxylic acids is 2. The van der Waals surface area contributed by atoms with Crippen LogP contribution in [0.3, 0.4) is 0 Å². The van der Waals surface area contributed by atoms with Crippen LogP contribution in [-0.2, 0) is 14.4 Å². The topological polar surface area (TPSA) is 98.2 Å². The molecule has 2 heterocycles. The summed E-state index contributed by atoms with van der Waals surface area (Å²) in [7, 11) is 0. The maximum atomic E-state index is 12.3. The molecule has 0 radical (unpaired) electrons. The van der Waals surface area contributed by atoms with Gasteiger partial charge in [-0.3, -0.25) is 9.59 Å². The largest absolute Gasteiger partial charge is 0.480 e. The molecule has 2 N–H and O–H groups in total. The van der Waals surface area contributed by atoms with Gasteiger partial charge in [-0.2, -0.15) is 0 Å². The molecule has 7 heteroatoms. The second kappa shape index (κ2) is 5.16. The van der Waals surface area contributed by atoms with E-state index in [2.05, 4.69) is 0 Å². The Kier molecular flexibility index (Phi) is 3.75. The van der Waals surface area contributed by atoms with Gasteiger partial charge in [-0.1, -0.05) is 0 Å². The van der Waals surface area contributed by atoms with Gasteiger partial charge in [0.15, 0.2) is 0 Å². The van der Waals surface area contributed by atoms with Crippen LogP contribution in [0.4, 0.5) is 0 Å². The lowest BCUT2D eigenvalue weighted by atomic mass is 10.1. The van der Waals surface area contributed by atoms with Gasteiger partial charge in [0.25, 0.3) is 0 Å². The molecule has 2 amide bonds. The van der Waals surface area contributed by atoms with E-state index in [1.54, 1.807) is 4.90 Å². The van der Waals surface area contributed by atoms with E-state index in [1.807, 2.05) is 6.92 Å². The van der Waals surface area contributed by atoms with Gasteiger partial charge in [-0.25, -0.2) is 4.79 Å². The highest BCUT2D eigenvalue weighted by Gasteiger charge is 2.43. The van der Waals surface area contributed by atoms with Gasteiger partial charge in [-0.15, -0.1) is 0 Å². The molecule has 3 atom stereocenters. The van der Waals surface area contributed by atoms with E-state index in [4.69, 9.17) is 5.11 Å². The van der Waals surface area contributed by atoms with Gasteiger partial charge in [0.1, 0.15) is 6.04 Å². The lowest BCUT2D eigenvalue weighted by molar-refractivity contribution is -0.149. The number of nitrogens with zero attached hydrogens (tertiary/aromatic N) is 2. The Balaban J connectivity index is 2.07. The van der Waals surface area contributed by atoms with E-state index in [0.717, 1.165) is 0 Å². The Hall–Kier alpha value is -1.63. The van der Waals surface area contributed by atoms with Gasteiger partial charge in [0, 0.05) is 32.5 Å². The number of hydrogen-bond donors (Lipinski definition) is 2. The predicted octanol–water partition coefficient (Wildman–Crippen LogP) is -1.10. The summed E-state index contributed by atoms with van der Waals surface area (Å²) in [6, 6.07) is -0.978. The highest BCUT2D eigenvalue weighted by atomic mass is 16.4. The van der Waals surface area contributed by atoms with Crippen molar-refractivity contribution >= 4 is 17.8 Å². The molecule has 0 aromatic heterocycles. The first kappa shape index (κ1) is 13.8. The van der Waals surface area contributed by atoms with Gasteiger partial charge in [0.2, 0.25) is 11.8 Å². The number of rotatable bonds is 3. The first-order valence-corrected chi connectivity index (χ1v) is 6.43. The van der Waals surface area contributed by atoms with Crippen molar-refractivity contribution < 1.29 is 24.6 Å². The van der Waals surface area contributed by atoms with E-state index >= 15 is 0 Å². The van der Waals surface area contributed by atoms with Gasteiger partial charge < -0.3 is 20.0 Å². The van der Waals surface area contributed by atoms with Crippen molar-refractivity contribution in [3.63, 3.8) is 0 Å². The summed E-state index contributed by atoms with van der Waals surface area (Å²) in [6.07, 6.45) is -0.616. The predicted molar refractivity (Wildman–Crippen MR) is 64.1 cm³/mol. The summed E-state index contributed by atoms with van der Waals surface area (Å²) < 4.78 is 0. The first-order valence-electron chi connectivity index (χ1n) is 6.43. The second-order valence-corrected chi connectivity index (χ2v) is 5.07. The number of aliphatic carboxylic acids is 1. The van der Waals surface area contributed by atoms with Crippen molar-refractivity contribution in [2.45, 2.75) is 31.9 Å². The summed E-state index contributed by atoms with van der Waals surface area (Å²) in [5.74, 6) is -2.01. The summed E-state index contributed by atoms with van der Waals surface area (Å²) in [6.45, 7) is 2.76. The van der Waals surface area contributed by atoms with E-state index in [0.29, 0.717) is 13.1 Å². The monoisotopic (exact) mass is 270 g/mol. The van der Waals surface area contributed by atoms with E-state index in [9.17, 15) is 19.5 Å². The molecule has 0 spiro atoms. The van der Waals surface area contributed by atoms with Crippen LogP contribution >= 0.6 is 0 Å². The fraction of sp³-hybridized carbons (Fsp3) is 0.750. The van der Waals surface area contributed by atoms with Crippen LogP contribution in [-0.4, -0.2) is 69.6 Å². The zero-order chi connectivity index (χ0) is 14.2. The lowest BCUT2D eigenvalue weighted by Crippen LogP contribution is -2.44. The van der Waals surface area contributed by atoms with E-state index < -0.39 is 24.0 Å². The Morgan fingerprint density at radius 1 is 1.37 bits per heavy atom. The molecular formula is C12H18N2O5. The molecule has 0 saturated carbocycles. The number of hydrogen-bond acceptors (Lipinski definition) is 4. The highest BCUT2D eigenvalue weighted by Crippen LogP contribution is 2.25. The Morgan fingerprint density at radius 2 is 2.05 bits per heavy atom. The van der Waals surface area contributed by atoms with Crippen LogP contribution in [0, 0.1) is 5.92 Å². The Labute approximate surface area is 110 Å². The number of carboxylic acid groups (broad SMARTS) is 1. The van der Waals surface area contributed by atoms with Gasteiger partial charge >= 0.3 is 5.97 Å². The molecule has 2 fully saturated rings. The average molecular weight is 270 g/mol. The molecule has 0 aromatic carbocycles. The van der Waals surface area contributed by atoms with Crippen LogP contribution in [0.25, 0.3) is 0 Å². The number of β-amino-alcohol motifs (C(OH)–C–C–N with tert-alkyl or cyclic N) is 1. The van der Waals surface area contributed by atoms with Crippen molar-refractivity contribution in [3.8, 4) is 0 Å². The average Bonchev–Trinajstić information content (AvgIpc) is 2.91. The minimum Gasteiger partial charge on any atom is -0.480 e. The third-order valence-corrected chi connectivity index (χ3v) is 3.79. The minimum atomic E-state index is -1.11. The quantitative estimate of drug-likeness (QED) is 0.678. The Morgan fingerprint density at radius 3 is 2.58 bits per heavy atom. The summed E-state index contributed by atoms with van der Waals surface area (Å²) >= 11 is 0. The molecule has 2 saturated heterocycles. The van der Waals surface area contributed by atoms with Gasteiger partial charge in [0.05, 0.1) is 12.0 Å². The Bertz CT molecular complexity index is 411. The van der Waals surface area contributed by atoms with Crippen LogP contribution in [0.1, 0.15) is 19.8 Å². The summed E-state index contributed by atoms with van der Waals surface area (Å²) in [5, 5.41) is 18.6. The molecule has 0 aromatic rings. The molecule has 0 bridgehead atoms. The summed E-state index contributed by atoms with van der Waals surface area (Å²) in [4.78, 5) is 37.8. The smallest absolute Gasteiger partial charge is 0.326 e. The normalized spacial score (nSPS) is 31.1. The van der Waals surface area contributed by atoms with E-state index in [-0.39, 0.29) is 31.2 Å². The van der Waals surface area contributed by atoms with Gasteiger partial charge in [-0.05, 0) is 6.92 Å². The third-order valence-electron chi connectivity index (χ3n) is 3.79. The molecule has 1 unspecified atom stereocenters. The third kappa shape index (κ3) is 2.56. The van der Waals surface area contributed by atoms with Crippen molar-refractivity contribution in [1.82, 2.24) is 9.80 Å². The molecule has 2 rings (SSSR count). The van der Waals surface area contributed by atoms with Crippen LogP contribution in [0.2, 0.25) is 0 Å². The lowest BCUT2D eigenvalue weighted by Gasteiger charge is -2.24. The number of aliphatic hydroxyl groups is 1. The SMILES string of the molecule is CCN1CC(C(=O)N2C[C@@H](O)C[C@H]2C(=O)O)CC1=O. The molecule has 19 heavy (non-hydrogen) atoms. The molecule has 0 aliphatic carbocycles. The van der Waals surface area contributed by atoms with Crippen molar-refractivity contribution in [2.75, 3.05) is 19.6 Å². The highest BCUT2D eigenvalue weighted by molar-refractivity contribution is 5.91. The van der Waals surface area contributed by atoms with Crippen LogP contribution < -0.4 is 0 Å². The van der Waals surface area contributed by atoms with Crippen LogP contribution in [0.5, 0.6) is 0 Å². The second-order valence-electron chi connectivity index (χ2n) is 5.07. The van der Waals surface area contributed by atoms with Crippen molar-refractivity contribution in [1.29, 1.82) is 0 Å². The molecule has 2 aliphatic heterocycles. The molecule has 2 aliphatic rings. The zero-order valence-corrected chi connectivity index (χ0v) is 10.8. The number of likely N-dealkylation sites (tertiary alicyclic amines) is 2. The van der Waals surface area contributed by atoms with Crippen molar-refractivity contribution in [2.24, 2.45) is 5.92 Å². The fourth-order valence-corrected chi connectivity index (χ4v) is 2.77. The molecular weight excluding hydrogens is 252 g/mol. The number of aliphatic hydroxyl groups excluding tert-OH is 1. The maximum absolute atomic E-state index is 12.3. The first-order chi connectivity index (χ1) is 8.93. The number of carbonyl (C=O) groups is 3. The number of amides is 2. The fourth-order valence-electron chi connectivity index (χ4n) is 2.77. The molecule has 7 nitrogen and oxygen atoms in total. The minimum absolute atomic E-state index is 0.0343. The standard InChI is InChI=1S/C12H18N2O5/c1-2-13-5-7(3-10(13)16)11(17)14-6-8(15)4-9(14)12(18)19/h7-9,15H,2-6H2,1H3,(H,18,19)/t7?,8-,9-/m0/s1. The van der Waals surface area contributed by atoms with Crippen molar-refractivity contribution in [3.05, 3.63) is 0 Å². The molecule has 106 valence electrons. The zero-order valence-electron chi connectivity index (χ0n) is 10.8. The van der Waals surface area contributed by atoms with E-state index in [1.165, 1.54) is 4.90 Å². The summed E-state index contributed by atoms with van der Waals surface area (Å²) in [5.41, 5.74) is 0. The van der Waals surface area contributed by atoms with Crippen LogP contribution in [0.15, 0.2) is 0 Å². The number of carboxylic acids is 1.